The molecule has 0 fully saturated rings. The number of nitrogens with one attached hydrogen (secondary N) is 3. The van der Waals surface area contributed by atoms with E-state index in [1.165, 1.54) is 12.1 Å². The van der Waals surface area contributed by atoms with Crippen LogP contribution in [0.1, 0.15) is 45.0 Å². The largest absolute Gasteiger partial charge is 0.480 e. The smallest absolute Gasteiger partial charge is 0.326 e. The van der Waals surface area contributed by atoms with Crippen LogP contribution in [0.3, 0.4) is 0 Å². The summed E-state index contributed by atoms with van der Waals surface area (Å²) in [5, 5.41) is 17.1. The normalized spacial score (nSPS) is 12.4. The number of carboxylic acid groups (broad SMARTS) is 1. The number of carbonyl (C=O) groups excluding carboxylic acids is 2. The fraction of sp³-hybridized carbons (Fsp3) is 0.471. The molecule has 0 radical (unpaired) electrons. The predicted octanol–water partition coefficient (Wildman–Crippen LogP) is 3.10. The summed E-state index contributed by atoms with van der Waals surface area (Å²) in [7, 11) is 0. The minimum Gasteiger partial charge on any atom is -0.480 e. The lowest BCUT2D eigenvalue weighted by molar-refractivity contribution is -0.140. The number of amides is 3. The van der Waals surface area contributed by atoms with E-state index in [0.717, 1.165) is 0 Å². The van der Waals surface area contributed by atoms with E-state index in [0.29, 0.717) is 5.69 Å². The van der Waals surface area contributed by atoms with E-state index in [9.17, 15) is 19.5 Å². The third-order valence-corrected chi connectivity index (χ3v) is 3.51. The topological polar surface area (TPSA) is 108 Å². The van der Waals surface area contributed by atoms with Crippen molar-refractivity contribution in [3.05, 3.63) is 28.8 Å². The predicted molar refractivity (Wildman–Crippen MR) is 97.1 cm³/mol. The first-order chi connectivity index (χ1) is 11.4. The lowest BCUT2D eigenvalue weighted by Gasteiger charge is -2.21. The van der Waals surface area contributed by atoms with Crippen molar-refractivity contribution < 1.29 is 19.5 Å². The van der Waals surface area contributed by atoms with Gasteiger partial charge >= 0.3 is 12.0 Å². The first-order valence-electron chi connectivity index (χ1n) is 7.83. The number of aliphatic carboxylic acids is 1. The number of hydrogen-bond donors (Lipinski definition) is 4. The van der Waals surface area contributed by atoms with Crippen LogP contribution >= 0.6 is 11.6 Å². The lowest BCUT2D eigenvalue weighted by atomic mass is 10.0. The number of carboxylic acids is 1. The van der Waals surface area contributed by atoms with Gasteiger partial charge in [0.15, 0.2) is 0 Å². The van der Waals surface area contributed by atoms with Crippen LogP contribution in [0, 0.1) is 5.92 Å². The molecule has 0 spiro atoms. The van der Waals surface area contributed by atoms with Gasteiger partial charge in [0.2, 0.25) is 0 Å². The molecule has 0 aliphatic carbocycles. The van der Waals surface area contributed by atoms with E-state index in [-0.39, 0.29) is 16.5 Å². The first-order valence-corrected chi connectivity index (χ1v) is 8.21. The van der Waals surface area contributed by atoms with Crippen LogP contribution in [0.4, 0.5) is 10.5 Å². The molecular weight excluding hydrogens is 346 g/mol. The molecule has 8 heteroatoms. The highest BCUT2D eigenvalue weighted by Gasteiger charge is 2.25. The van der Waals surface area contributed by atoms with E-state index < -0.39 is 29.5 Å². The Morgan fingerprint density at radius 2 is 1.76 bits per heavy atom. The van der Waals surface area contributed by atoms with Gasteiger partial charge in [-0.25, -0.2) is 9.59 Å². The van der Waals surface area contributed by atoms with Crippen molar-refractivity contribution in [3.8, 4) is 0 Å². The van der Waals surface area contributed by atoms with Gasteiger partial charge < -0.3 is 21.1 Å². The summed E-state index contributed by atoms with van der Waals surface area (Å²) in [5.74, 6) is -2.04. The van der Waals surface area contributed by atoms with Gasteiger partial charge in [0, 0.05) is 11.2 Å². The standard InChI is InChI=1S/C17H24ClN3O4/c1-9(2)13(15(23)24)20-14(22)11-8-10(6-7-12(11)18)19-16(25)21-17(3,4)5/h6-9,13H,1-5H3,(H,20,22)(H,23,24)(H2,19,21,25)/t13-/m0/s1. The Labute approximate surface area is 152 Å². The Kier molecular flexibility index (Phi) is 6.81. The molecule has 25 heavy (non-hydrogen) atoms. The van der Waals surface area contributed by atoms with Crippen molar-refractivity contribution in [2.24, 2.45) is 5.92 Å². The molecule has 0 bridgehead atoms. The van der Waals surface area contributed by atoms with Crippen molar-refractivity contribution >= 4 is 35.2 Å². The highest BCUT2D eigenvalue weighted by molar-refractivity contribution is 6.34. The second-order valence-corrected chi connectivity index (χ2v) is 7.46. The molecule has 1 aromatic rings. The maximum atomic E-state index is 12.4. The Hall–Kier alpha value is -2.28. The summed E-state index contributed by atoms with van der Waals surface area (Å²) in [4.78, 5) is 35.5. The fourth-order valence-electron chi connectivity index (χ4n) is 2.01. The maximum absolute atomic E-state index is 12.4. The van der Waals surface area contributed by atoms with E-state index in [2.05, 4.69) is 16.0 Å². The molecule has 7 nitrogen and oxygen atoms in total. The Morgan fingerprint density at radius 3 is 2.24 bits per heavy atom. The average molecular weight is 370 g/mol. The van der Waals surface area contributed by atoms with Gasteiger partial charge in [-0.2, -0.15) is 0 Å². The minimum absolute atomic E-state index is 0.0853. The van der Waals surface area contributed by atoms with Crippen LogP contribution in [0.25, 0.3) is 0 Å². The molecule has 1 aromatic carbocycles. The molecule has 0 saturated heterocycles. The molecule has 0 aliphatic heterocycles. The maximum Gasteiger partial charge on any atom is 0.326 e. The summed E-state index contributed by atoms with van der Waals surface area (Å²) in [6.45, 7) is 8.90. The summed E-state index contributed by atoms with van der Waals surface area (Å²) < 4.78 is 0. The van der Waals surface area contributed by atoms with Crippen LogP contribution < -0.4 is 16.0 Å². The number of hydrogen-bond acceptors (Lipinski definition) is 3. The average Bonchev–Trinajstić information content (AvgIpc) is 2.43. The van der Waals surface area contributed by atoms with Gasteiger partial charge in [0.05, 0.1) is 10.6 Å². The van der Waals surface area contributed by atoms with Crippen LogP contribution in [0.15, 0.2) is 18.2 Å². The second kappa shape index (κ2) is 8.20. The summed E-state index contributed by atoms with van der Waals surface area (Å²) in [6, 6.07) is 2.96. The minimum atomic E-state index is -1.13. The molecule has 138 valence electrons. The first kappa shape index (κ1) is 20.8. The molecule has 1 rings (SSSR count). The quantitative estimate of drug-likeness (QED) is 0.639. The Morgan fingerprint density at radius 1 is 1.16 bits per heavy atom. The Bertz CT molecular complexity index is 668. The highest BCUT2D eigenvalue weighted by atomic mass is 35.5. The van der Waals surface area contributed by atoms with Crippen molar-refractivity contribution in [1.29, 1.82) is 0 Å². The third kappa shape index (κ3) is 6.62. The zero-order valence-electron chi connectivity index (χ0n) is 14.9. The number of anilines is 1. The van der Waals surface area contributed by atoms with E-state index in [1.54, 1.807) is 19.9 Å². The van der Waals surface area contributed by atoms with Gasteiger partial charge in [0.25, 0.3) is 5.91 Å². The van der Waals surface area contributed by atoms with Crippen LogP contribution in [-0.2, 0) is 4.79 Å². The summed E-state index contributed by atoms with van der Waals surface area (Å²) in [6.07, 6.45) is 0. The molecule has 1 atom stereocenters. The molecule has 0 unspecified atom stereocenters. The molecule has 0 saturated carbocycles. The Balaban J connectivity index is 2.95. The van der Waals surface area contributed by atoms with Gasteiger partial charge in [0.1, 0.15) is 6.04 Å². The van der Waals surface area contributed by atoms with E-state index in [4.69, 9.17) is 11.6 Å². The van der Waals surface area contributed by atoms with Gasteiger partial charge in [-0.05, 0) is 44.9 Å². The summed E-state index contributed by atoms with van der Waals surface area (Å²) >= 11 is 6.04. The zero-order chi connectivity index (χ0) is 19.4. The van der Waals surface area contributed by atoms with Gasteiger partial charge in [-0.3, -0.25) is 4.79 Å². The molecule has 0 aromatic heterocycles. The number of carbonyl (C=O) groups is 3. The highest BCUT2D eigenvalue weighted by Crippen LogP contribution is 2.21. The second-order valence-electron chi connectivity index (χ2n) is 7.06. The number of halogens is 1. The lowest BCUT2D eigenvalue weighted by Crippen LogP contribution is -2.44. The van der Waals surface area contributed by atoms with Crippen LogP contribution in [0.2, 0.25) is 5.02 Å². The fourth-order valence-corrected chi connectivity index (χ4v) is 2.22. The zero-order valence-corrected chi connectivity index (χ0v) is 15.7. The van der Waals surface area contributed by atoms with E-state index in [1.807, 2.05) is 20.8 Å². The van der Waals surface area contributed by atoms with Crippen molar-refractivity contribution in [2.45, 2.75) is 46.2 Å². The van der Waals surface area contributed by atoms with Crippen molar-refractivity contribution in [2.75, 3.05) is 5.32 Å². The van der Waals surface area contributed by atoms with Crippen molar-refractivity contribution in [1.82, 2.24) is 10.6 Å². The number of rotatable bonds is 5. The third-order valence-electron chi connectivity index (χ3n) is 3.18. The molecule has 3 amide bonds. The molecular formula is C17H24ClN3O4. The van der Waals surface area contributed by atoms with Gasteiger partial charge in [-0.1, -0.05) is 25.4 Å². The number of urea groups is 1. The van der Waals surface area contributed by atoms with Crippen LogP contribution in [0.5, 0.6) is 0 Å². The molecule has 0 aliphatic rings. The summed E-state index contributed by atoms with van der Waals surface area (Å²) in [5.41, 5.74) is 0.0396. The number of benzene rings is 1. The van der Waals surface area contributed by atoms with Gasteiger partial charge in [-0.15, -0.1) is 0 Å². The van der Waals surface area contributed by atoms with Crippen molar-refractivity contribution in [3.63, 3.8) is 0 Å². The molecule has 0 heterocycles. The SMILES string of the molecule is CC(C)[C@H](NC(=O)c1cc(NC(=O)NC(C)(C)C)ccc1Cl)C(=O)O. The molecule has 4 N–H and O–H groups in total. The van der Waals surface area contributed by atoms with Crippen LogP contribution in [-0.4, -0.2) is 34.6 Å². The monoisotopic (exact) mass is 369 g/mol. The van der Waals surface area contributed by atoms with E-state index >= 15 is 0 Å².